The van der Waals surface area contributed by atoms with E-state index in [0.717, 1.165) is 22.3 Å². The molecule has 1 N–H and O–H groups in total. The molecule has 5 nitrogen and oxygen atoms in total. The Morgan fingerprint density at radius 2 is 1.67 bits per heavy atom. The summed E-state index contributed by atoms with van der Waals surface area (Å²) >= 11 is 0. The molecule has 0 unspecified atom stereocenters. The van der Waals surface area contributed by atoms with E-state index in [-0.39, 0.29) is 18.5 Å². The quantitative estimate of drug-likeness (QED) is 0.787. The predicted molar refractivity (Wildman–Crippen MR) is 120 cm³/mol. The topological polar surface area (TPSA) is 58.6 Å². The number of carbonyl (C=O) groups is 2. The standard InChI is InChI=1S/C25H30N2O3/c1-5-26-23(28)22-17-27(24(29)30-25(2,3)4)15-14-21(22)20-13-9-12-19(16-20)18-10-7-6-8-11-18/h6-13,16H,5,14-15,17H2,1-4H3,(H,26,28). The van der Waals surface area contributed by atoms with Crippen molar-refractivity contribution >= 4 is 17.6 Å². The fourth-order valence-electron chi connectivity index (χ4n) is 3.56. The van der Waals surface area contributed by atoms with Crippen LogP contribution in [0.2, 0.25) is 0 Å². The van der Waals surface area contributed by atoms with E-state index >= 15 is 0 Å². The van der Waals surface area contributed by atoms with Crippen molar-refractivity contribution in [3.63, 3.8) is 0 Å². The van der Waals surface area contributed by atoms with E-state index in [4.69, 9.17) is 4.74 Å². The van der Waals surface area contributed by atoms with Crippen LogP contribution < -0.4 is 5.32 Å². The highest BCUT2D eigenvalue weighted by atomic mass is 16.6. The molecule has 3 rings (SSSR count). The molecule has 0 radical (unpaired) electrons. The van der Waals surface area contributed by atoms with E-state index in [1.807, 2.05) is 58.0 Å². The summed E-state index contributed by atoms with van der Waals surface area (Å²) in [6.45, 7) is 8.71. The lowest BCUT2D eigenvalue weighted by Gasteiger charge is -2.32. The van der Waals surface area contributed by atoms with Gasteiger partial charge in [0.05, 0.1) is 6.54 Å². The van der Waals surface area contributed by atoms with Crippen LogP contribution in [0.5, 0.6) is 0 Å². The Labute approximate surface area is 178 Å². The number of carbonyl (C=O) groups excluding carboxylic acids is 2. The average Bonchev–Trinajstić information content (AvgIpc) is 2.73. The molecule has 0 aromatic heterocycles. The van der Waals surface area contributed by atoms with Crippen LogP contribution in [0.4, 0.5) is 4.79 Å². The van der Waals surface area contributed by atoms with Crippen molar-refractivity contribution in [1.29, 1.82) is 0 Å². The maximum absolute atomic E-state index is 12.8. The van der Waals surface area contributed by atoms with Crippen LogP contribution in [0, 0.1) is 0 Å². The van der Waals surface area contributed by atoms with Gasteiger partial charge < -0.3 is 15.0 Å². The Bertz CT molecular complexity index is 942. The molecule has 0 spiro atoms. The summed E-state index contributed by atoms with van der Waals surface area (Å²) in [5, 5.41) is 2.89. The highest BCUT2D eigenvalue weighted by Gasteiger charge is 2.30. The van der Waals surface area contributed by atoms with Crippen LogP contribution in [0.15, 0.2) is 60.2 Å². The number of hydrogen-bond acceptors (Lipinski definition) is 3. The molecule has 2 aromatic rings. The zero-order valence-electron chi connectivity index (χ0n) is 18.2. The number of nitrogens with one attached hydrogen (secondary N) is 1. The van der Waals surface area contributed by atoms with E-state index < -0.39 is 5.60 Å². The molecule has 0 aliphatic carbocycles. The van der Waals surface area contributed by atoms with Gasteiger partial charge in [0.1, 0.15) is 5.60 Å². The molecule has 0 bridgehead atoms. The minimum absolute atomic E-state index is 0.133. The Morgan fingerprint density at radius 1 is 1.00 bits per heavy atom. The van der Waals surface area contributed by atoms with Crippen molar-refractivity contribution in [2.75, 3.05) is 19.6 Å². The molecule has 5 heteroatoms. The third kappa shape index (κ3) is 5.29. The number of likely N-dealkylation sites (N-methyl/N-ethyl adjacent to an activating group) is 1. The first-order valence-electron chi connectivity index (χ1n) is 10.4. The molecule has 1 aliphatic heterocycles. The second-order valence-electron chi connectivity index (χ2n) is 8.42. The molecule has 1 aliphatic rings. The van der Waals surface area contributed by atoms with Gasteiger partial charge in [-0.05, 0) is 62.4 Å². The number of nitrogens with zero attached hydrogens (tertiary/aromatic N) is 1. The number of rotatable bonds is 4. The van der Waals surface area contributed by atoms with E-state index in [0.29, 0.717) is 25.1 Å². The van der Waals surface area contributed by atoms with Crippen molar-refractivity contribution in [3.8, 4) is 11.1 Å². The van der Waals surface area contributed by atoms with E-state index in [2.05, 4.69) is 29.6 Å². The number of benzene rings is 2. The van der Waals surface area contributed by atoms with Crippen molar-refractivity contribution in [1.82, 2.24) is 10.2 Å². The number of ether oxygens (including phenoxy) is 1. The Kier molecular flexibility index (Phi) is 6.60. The number of amides is 2. The Morgan fingerprint density at radius 3 is 2.33 bits per heavy atom. The van der Waals surface area contributed by atoms with Crippen molar-refractivity contribution in [3.05, 3.63) is 65.7 Å². The summed E-state index contributed by atoms with van der Waals surface area (Å²) in [6, 6.07) is 18.4. The molecular weight excluding hydrogens is 376 g/mol. The first kappa shape index (κ1) is 21.6. The highest BCUT2D eigenvalue weighted by Crippen LogP contribution is 2.31. The monoisotopic (exact) mass is 406 g/mol. The molecule has 1 heterocycles. The van der Waals surface area contributed by atoms with Gasteiger partial charge in [-0.3, -0.25) is 4.79 Å². The first-order valence-corrected chi connectivity index (χ1v) is 10.4. The normalized spacial score (nSPS) is 14.5. The third-order valence-corrected chi connectivity index (χ3v) is 4.93. The highest BCUT2D eigenvalue weighted by molar-refractivity contribution is 6.02. The SMILES string of the molecule is CCNC(=O)C1=C(c2cccc(-c3ccccc3)c2)CCN(C(=O)OC(C)(C)C)C1. The Hall–Kier alpha value is -3.08. The van der Waals surface area contributed by atoms with Gasteiger partial charge in [-0.15, -0.1) is 0 Å². The lowest BCUT2D eigenvalue weighted by Crippen LogP contribution is -2.43. The third-order valence-electron chi connectivity index (χ3n) is 4.93. The van der Waals surface area contributed by atoms with Crippen LogP contribution >= 0.6 is 0 Å². The van der Waals surface area contributed by atoms with Crippen molar-refractivity contribution < 1.29 is 14.3 Å². The van der Waals surface area contributed by atoms with Gasteiger partial charge in [-0.2, -0.15) is 0 Å². The molecule has 0 fully saturated rings. The van der Waals surface area contributed by atoms with Gasteiger partial charge in [0.25, 0.3) is 0 Å². The molecule has 2 aromatic carbocycles. The molecule has 2 amide bonds. The zero-order chi connectivity index (χ0) is 21.7. The van der Waals surface area contributed by atoms with Crippen LogP contribution in [-0.4, -0.2) is 42.1 Å². The van der Waals surface area contributed by atoms with Crippen LogP contribution in [0.1, 0.15) is 39.7 Å². The maximum Gasteiger partial charge on any atom is 0.410 e. The predicted octanol–water partition coefficient (Wildman–Crippen LogP) is 4.88. The molecular formula is C25H30N2O3. The molecule has 0 saturated heterocycles. The zero-order valence-corrected chi connectivity index (χ0v) is 18.2. The van der Waals surface area contributed by atoms with E-state index in [1.165, 1.54) is 0 Å². The lowest BCUT2D eigenvalue weighted by atomic mass is 9.91. The summed E-state index contributed by atoms with van der Waals surface area (Å²) in [5.74, 6) is -0.133. The summed E-state index contributed by atoms with van der Waals surface area (Å²) in [5.41, 5.74) is 4.28. The lowest BCUT2D eigenvalue weighted by molar-refractivity contribution is -0.117. The van der Waals surface area contributed by atoms with Gasteiger partial charge in [-0.1, -0.05) is 48.5 Å². The minimum Gasteiger partial charge on any atom is -0.444 e. The van der Waals surface area contributed by atoms with Gasteiger partial charge in [0.2, 0.25) is 5.91 Å². The summed E-state index contributed by atoms with van der Waals surface area (Å²) in [7, 11) is 0. The largest absolute Gasteiger partial charge is 0.444 e. The van der Waals surface area contributed by atoms with Gasteiger partial charge >= 0.3 is 6.09 Å². The molecule has 0 atom stereocenters. The average molecular weight is 407 g/mol. The smallest absolute Gasteiger partial charge is 0.410 e. The van der Waals surface area contributed by atoms with Crippen LogP contribution in [-0.2, 0) is 9.53 Å². The van der Waals surface area contributed by atoms with Gasteiger partial charge in [-0.25, -0.2) is 4.79 Å². The molecule has 30 heavy (non-hydrogen) atoms. The summed E-state index contributed by atoms with van der Waals surface area (Å²) in [6.07, 6.45) is 0.214. The minimum atomic E-state index is -0.572. The number of hydrogen-bond donors (Lipinski definition) is 1. The first-order chi connectivity index (χ1) is 14.3. The van der Waals surface area contributed by atoms with Crippen LogP contribution in [0.3, 0.4) is 0 Å². The fraction of sp³-hybridized carbons (Fsp3) is 0.360. The second kappa shape index (κ2) is 9.16. The summed E-state index contributed by atoms with van der Waals surface area (Å²) in [4.78, 5) is 27.0. The Balaban J connectivity index is 1.95. The van der Waals surface area contributed by atoms with Crippen LogP contribution in [0.25, 0.3) is 16.7 Å². The van der Waals surface area contributed by atoms with E-state index in [9.17, 15) is 9.59 Å². The van der Waals surface area contributed by atoms with E-state index in [1.54, 1.807) is 4.90 Å². The molecule has 0 saturated carbocycles. The van der Waals surface area contributed by atoms with Gasteiger partial charge in [0, 0.05) is 18.7 Å². The molecule has 158 valence electrons. The van der Waals surface area contributed by atoms with Crippen molar-refractivity contribution in [2.24, 2.45) is 0 Å². The van der Waals surface area contributed by atoms with Gasteiger partial charge in [0.15, 0.2) is 0 Å². The maximum atomic E-state index is 12.8. The second-order valence-corrected chi connectivity index (χ2v) is 8.42. The fourth-order valence-corrected chi connectivity index (χ4v) is 3.56. The van der Waals surface area contributed by atoms with Crippen molar-refractivity contribution in [2.45, 2.75) is 39.7 Å². The summed E-state index contributed by atoms with van der Waals surface area (Å²) < 4.78 is 5.52.